The van der Waals surface area contributed by atoms with E-state index in [4.69, 9.17) is 14.5 Å². The van der Waals surface area contributed by atoms with Gasteiger partial charge in [-0.25, -0.2) is 4.79 Å². The molecule has 0 aliphatic rings. The smallest absolute Gasteiger partial charge is 0.462 e. The minimum atomic E-state index is -1.20. The molecule has 18 heavy (non-hydrogen) atoms. The monoisotopic (exact) mass is 252 g/mol. The Bertz CT molecular complexity index is 382. The molecule has 0 unspecified atom stereocenters. The number of hydrogen-bond acceptors (Lipinski definition) is 5. The number of rotatable bonds is 7. The average molecular weight is 252 g/mol. The van der Waals surface area contributed by atoms with E-state index in [-0.39, 0.29) is 25.4 Å². The van der Waals surface area contributed by atoms with Crippen LogP contribution in [0, 0.1) is 0 Å². The topological polar surface area (TPSA) is 76.0 Å². The molecule has 0 aliphatic carbocycles. The van der Waals surface area contributed by atoms with Crippen molar-refractivity contribution in [2.45, 2.75) is 13.3 Å². The van der Waals surface area contributed by atoms with E-state index in [0.717, 1.165) is 0 Å². The van der Waals surface area contributed by atoms with Crippen LogP contribution in [0.25, 0.3) is 0 Å². The molecule has 98 valence electrons. The van der Waals surface area contributed by atoms with E-state index in [1.54, 1.807) is 31.2 Å². The lowest BCUT2D eigenvalue weighted by atomic mass is 9.76. The van der Waals surface area contributed by atoms with Crippen molar-refractivity contribution in [3.05, 3.63) is 29.8 Å². The first-order valence-corrected chi connectivity index (χ1v) is 5.87. The van der Waals surface area contributed by atoms with Crippen molar-refractivity contribution in [3.63, 3.8) is 0 Å². The summed E-state index contributed by atoms with van der Waals surface area (Å²) < 4.78 is 10.0. The summed E-state index contributed by atoms with van der Waals surface area (Å²) in [6.07, 6.45) is 0.429. The first kappa shape index (κ1) is 14.7. The van der Waals surface area contributed by atoms with Gasteiger partial charge in [-0.3, -0.25) is 0 Å². The second-order valence-corrected chi connectivity index (χ2v) is 3.61. The Morgan fingerprint density at radius 1 is 1.39 bits per heavy atom. The number of carbonyl (C=O) groups is 1. The van der Waals surface area contributed by atoms with Gasteiger partial charge in [-0.05, 0) is 24.9 Å². The molecule has 1 aromatic rings. The van der Waals surface area contributed by atoms with Crippen LogP contribution in [-0.2, 0) is 9.39 Å². The van der Waals surface area contributed by atoms with E-state index in [2.05, 4.69) is 0 Å². The van der Waals surface area contributed by atoms with E-state index in [9.17, 15) is 9.82 Å². The van der Waals surface area contributed by atoms with Crippen LogP contribution in [-0.4, -0.2) is 43.0 Å². The Labute approximate surface area is 106 Å². The quantitative estimate of drug-likeness (QED) is 0.404. The van der Waals surface area contributed by atoms with Gasteiger partial charge in [-0.15, -0.1) is 0 Å². The zero-order valence-electron chi connectivity index (χ0n) is 10.3. The van der Waals surface area contributed by atoms with E-state index in [1.165, 1.54) is 0 Å². The third kappa shape index (κ3) is 4.14. The van der Waals surface area contributed by atoms with Crippen molar-refractivity contribution in [2.75, 3.05) is 19.8 Å². The Hall–Kier alpha value is -1.37. The highest BCUT2D eigenvalue weighted by atomic mass is 16.5. The molecule has 0 atom stereocenters. The van der Waals surface area contributed by atoms with Crippen LogP contribution < -0.4 is 5.46 Å². The van der Waals surface area contributed by atoms with Gasteiger partial charge in [0.2, 0.25) is 0 Å². The summed E-state index contributed by atoms with van der Waals surface area (Å²) in [5, 5.41) is 18.5. The third-order valence-electron chi connectivity index (χ3n) is 2.30. The number of ether oxygens (including phenoxy) is 1. The van der Waals surface area contributed by atoms with Gasteiger partial charge in [-0.2, -0.15) is 0 Å². The Morgan fingerprint density at radius 3 is 2.78 bits per heavy atom. The normalized spacial score (nSPS) is 10.2. The third-order valence-corrected chi connectivity index (χ3v) is 2.30. The van der Waals surface area contributed by atoms with Gasteiger partial charge < -0.3 is 19.5 Å². The van der Waals surface area contributed by atoms with Gasteiger partial charge in [-0.1, -0.05) is 18.2 Å². The highest BCUT2D eigenvalue weighted by molar-refractivity contribution is 6.61. The number of aliphatic hydroxyl groups excluding tert-OH is 1. The van der Waals surface area contributed by atoms with Gasteiger partial charge in [0.15, 0.2) is 0 Å². The molecule has 0 aliphatic heterocycles. The van der Waals surface area contributed by atoms with Crippen molar-refractivity contribution < 1.29 is 24.3 Å². The summed E-state index contributed by atoms with van der Waals surface area (Å²) in [6.45, 7) is 2.20. The molecule has 0 bridgehead atoms. The molecule has 1 aromatic carbocycles. The summed E-state index contributed by atoms with van der Waals surface area (Å²) >= 11 is 0. The fraction of sp³-hybridized carbons (Fsp3) is 0.417. The average Bonchev–Trinajstić information content (AvgIpc) is 2.39. The van der Waals surface area contributed by atoms with Gasteiger partial charge in [0, 0.05) is 13.2 Å². The predicted molar refractivity (Wildman–Crippen MR) is 67.7 cm³/mol. The molecular weight excluding hydrogens is 235 g/mol. The standard InChI is InChI=1S/C12H17BO5/c1-2-17-12(15)10-6-3-4-7-11(10)13(16)18-9-5-8-14/h3-4,6-7,14,16H,2,5,8-9H2,1H3. The van der Waals surface area contributed by atoms with Crippen molar-refractivity contribution in [2.24, 2.45) is 0 Å². The Morgan fingerprint density at radius 2 is 2.11 bits per heavy atom. The molecule has 1 rings (SSSR count). The van der Waals surface area contributed by atoms with Crippen molar-refractivity contribution in [3.8, 4) is 0 Å². The molecule has 5 nitrogen and oxygen atoms in total. The van der Waals surface area contributed by atoms with Crippen LogP contribution in [0.15, 0.2) is 24.3 Å². The number of hydrogen-bond donors (Lipinski definition) is 2. The second-order valence-electron chi connectivity index (χ2n) is 3.61. The van der Waals surface area contributed by atoms with Gasteiger partial charge in [0.05, 0.1) is 12.2 Å². The van der Waals surface area contributed by atoms with Crippen molar-refractivity contribution >= 4 is 18.6 Å². The first-order chi connectivity index (χ1) is 8.70. The molecular formula is C12H17BO5. The summed E-state index contributed by atoms with van der Waals surface area (Å²) in [4.78, 5) is 11.7. The highest BCUT2D eigenvalue weighted by Crippen LogP contribution is 2.01. The molecule has 0 spiro atoms. The van der Waals surface area contributed by atoms with E-state index in [1.807, 2.05) is 0 Å². The SMILES string of the molecule is CCOC(=O)c1ccccc1B(O)OCCCO. The lowest BCUT2D eigenvalue weighted by Gasteiger charge is -2.11. The highest BCUT2D eigenvalue weighted by Gasteiger charge is 2.23. The molecule has 0 heterocycles. The second kappa shape index (κ2) is 7.86. The number of esters is 1. The zero-order chi connectivity index (χ0) is 13.4. The van der Waals surface area contributed by atoms with Crippen LogP contribution in [0.3, 0.4) is 0 Å². The number of aliphatic hydroxyl groups is 1. The lowest BCUT2D eigenvalue weighted by molar-refractivity contribution is 0.0527. The van der Waals surface area contributed by atoms with Crippen LogP contribution >= 0.6 is 0 Å². The summed E-state index contributed by atoms with van der Waals surface area (Å²) in [5.41, 5.74) is 0.657. The molecule has 0 saturated carbocycles. The summed E-state index contributed by atoms with van der Waals surface area (Å²) in [6, 6.07) is 6.58. The van der Waals surface area contributed by atoms with Gasteiger partial charge >= 0.3 is 13.1 Å². The maximum atomic E-state index is 11.7. The maximum Gasteiger partial charge on any atom is 0.492 e. The molecule has 0 aromatic heterocycles. The van der Waals surface area contributed by atoms with Crippen LogP contribution in [0.4, 0.5) is 0 Å². The molecule has 0 saturated heterocycles. The van der Waals surface area contributed by atoms with Crippen LogP contribution in [0.1, 0.15) is 23.7 Å². The van der Waals surface area contributed by atoms with Crippen LogP contribution in [0.2, 0.25) is 0 Å². The number of carbonyl (C=O) groups excluding carboxylic acids is 1. The van der Waals surface area contributed by atoms with Crippen molar-refractivity contribution in [1.82, 2.24) is 0 Å². The van der Waals surface area contributed by atoms with Crippen LogP contribution in [0.5, 0.6) is 0 Å². The van der Waals surface area contributed by atoms with Gasteiger partial charge in [0.25, 0.3) is 0 Å². The minimum absolute atomic E-state index is 0.00770. The fourth-order valence-electron chi connectivity index (χ4n) is 1.46. The number of benzene rings is 1. The van der Waals surface area contributed by atoms with E-state index >= 15 is 0 Å². The first-order valence-electron chi connectivity index (χ1n) is 5.87. The minimum Gasteiger partial charge on any atom is -0.462 e. The summed E-state index contributed by atoms with van der Waals surface area (Å²) in [7, 11) is -1.20. The zero-order valence-corrected chi connectivity index (χ0v) is 10.3. The molecule has 0 radical (unpaired) electrons. The summed E-state index contributed by atoms with van der Waals surface area (Å²) in [5.74, 6) is -0.488. The Kier molecular flexibility index (Phi) is 6.42. The molecule has 0 amide bonds. The molecule has 2 N–H and O–H groups in total. The van der Waals surface area contributed by atoms with Gasteiger partial charge in [0.1, 0.15) is 0 Å². The fourth-order valence-corrected chi connectivity index (χ4v) is 1.46. The molecule has 6 heteroatoms. The molecule has 0 fully saturated rings. The van der Waals surface area contributed by atoms with E-state index < -0.39 is 13.1 Å². The largest absolute Gasteiger partial charge is 0.492 e. The Balaban J connectivity index is 2.77. The predicted octanol–water partition coefficient (Wildman–Crippen LogP) is -0.0502. The van der Waals surface area contributed by atoms with E-state index in [0.29, 0.717) is 11.9 Å². The van der Waals surface area contributed by atoms with Crippen molar-refractivity contribution in [1.29, 1.82) is 0 Å². The lowest BCUT2D eigenvalue weighted by Crippen LogP contribution is -2.38. The maximum absolute atomic E-state index is 11.7.